The van der Waals surface area contributed by atoms with Crippen LogP contribution in [0.4, 0.5) is 0 Å². The number of aryl methyl sites for hydroxylation is 16. The van der Waals surface area contributed by atoms with Gasteiger partial charge in [0.15, 0.2) is 0 Å². The average Bonchev–Trinajstić information content (AvgIpc) is 3.34. The Balaban J connectivity index is 0.000000432. The smallest absolute Gasteiger partial charge is 0.125 e. The van der Waals surface area contributed by atoms with E-state index < -0.39 is 0 Å². The molecule has 0 saturated carbocycles. The summed E-state index contributed by atoms with van der Waals surface area (Å²) in [5, 5.41) is 7.98. The van der Waals surface area contributed by atoms with E-state index >= 15 is 0 Å². The van der Waals surface area contributed by atoms with Crippen LogP contribution in [0.3, 0.4) is 0 Å². The molecule has 0 aliphatic carbocycles. The fourth-order valence-corrected chi connectivity index (χ4v) is 7.72. The van der Waals surface area contributed by atoms with Gasteiger partial charge in [-0.25, -0.2) is 19.9 Å². The summed E-state index contributed by atoms with van der Waals surface area (Å²) in [6.45, 7) is 66.4. The van der Waals surface area contributed by atoms with Gasteiger partial charge in [0, 0.05) is 45.6 Å². The summed E-state index contributed by atoms with van der Waals surface area (Å²) < 4.78 is 0. The van der Waals surface area contributed by atoms with Crippen LogP contribution in [-0.4, -0.2) is 50.1 Å². The minimum Gasteiger partial charge on any atom is -0.258 e. The number of nitrogens with zero attached hydrogens (tertiary/aromatic N) is 10. The maximum absolute atomic E-state index is 4.43. The first-order chi connectivity index (χ1) is 34.0. The predicted molar refractivity (Wildman–Crippen MR) is 315 cm³/mol. The highest BCUT2D eigenvalue weighted by atomic mass is 15.1. The fraction of sp³-hybridized carbons (Fsp3) is 0.500. The van der Waals surface area contributed by atoms with Crippen molar-refractivity contribution in [2.75, 3.05) is 0 Å². The molecule has 0 amide bonds. The SMILES string of the molecule is Cc1c(C)c(C)c(C)c(C)c1C.Cc1nc(C)c(C)c(C)c1C.Cc1nc(C)c(C)c(C)c1C.Cc1nc(C)c(C)c(C)n1.Cc1nc(C)c(C)c(C)n1.Cc1nc(C)c(C)nc1C.Cc1nnc(C)c(C)c1C. The lowest BCUT2D eigenvalue weighted by Gasteiger charge is -2.15. The molecule has 1 aromatic carbocycles. The topological polar surface area (TPSA) is 129 Å². The van der Waals surface area contributed by atoms with E-state index in [0.29, 0.717) is 0 Å². The Morgan fingerprint density at radius 1 is 0.122 bits per heavy atom. The van der Waals surface area contributed by atoms with Crippen molar-refractivity contribution in [3.63, 3.8) is 0 Å². The third-order valence-corrected chi connectivity index (χ3v) is 15.7. The predicted octanol–water partition coefficient (Wildman–Crippen LogP) is 15.6. The Labute approximate surface area is 450 Å². The number of pyridine rings is 2. The van der Waals surface area contributed by atoms with E-state index in [0.717, 1.165) is 91.4 Å². The van der Waals surface area contributed by atoms with Crippen molar-refractivity contribution in [3.8, 4) is 0 Å². The molecule has 0 aliphatic rings. The molecule has 7 rings (SSSR count). The molecule has 10 nitrogen and oxygen atoms in total. The van der Waals surface area contributed by atoms with Gasteiger partial charge < -0.3 is 0 Å². The second-order valence-electron chi connectivity index (χ2n) is 20.4. The van der Waals surface area contributed by atoms with Gasteiger partial charge in [0.05, 0.1) is 34.2 Å². The maximum atomic E-state index is 4.43. The van der Waals surface area contributed by atoms with E-state index in [1.807, 2.05) is 96.9 Å². The molecule has 0 radical (unpaired) electrons. The first-order valence-electron chi connectivity index (χ1n) is 26.0. The normalized spacial score (nSPS) is 10.2. The molecule has 0 atom stereocenters. The molecule has 0 saturated heterocycles. The Bertz CT molecular complexity index is 2670. The lowest BCUT2D eigenvalue weighted by Crippen LogP contribution is -1.98. The van der Waals surface area contributed by atoms with E-state index in [-0.39, 0.29) is 0 Å². The van der Waals surface area contributed by atoms with Crippen molar-refractivity contribution in [1.82, 2.24) is 50.1 Å². The van der Waals surface area contributed by atoms with E-state index in [4.69, 9.17) is 0 Å². The van der Waals surface area contributed by atoms with Crippen molar-refractivity contribution < 1.29 is 0 Å². The van der Waals surface area contributed by atoms with E-state index in [2.05, 4.69) is 175 Å². The summed E-state index contributed by atoms with van der Waals surface area (Å²) in [6, 6.07) is 0. The summed E-state index contributed by atoms with van der Waals surface area (Å²) in [5.74, 6) is 1.72. The van der Waals surface area contributed by atoms with Crippen LogP contribution in [0.25, 0.3) is 0 Å². The number of rotatable bonds is 0. The molecule has 6 aromatic heterocycles. The number of hydrogen-bond acceptors (Lipinski definition) is 10. The molecule has 0 N–H and O–H groups in total. The van der Waals surface area contributed by atoms with E-state index in [1.54, 1.807) is 0 Å². The molecule has 7 aromatic rings. The quantitative estimate of drug-likeness (QED) is 0.145. The average molecular weight is 1010 g/mol. The Morgan fingerprint density at radius 3 is 0.446 bits per heavy atom. The summed E-state index contributed by atoms with van der Waals surface area (Å²) >= 11 is 0. The fourth-order valence-electron chi connectivity index (χ4n) is 7.72. The molecular weight excluding hydrogens is 909 g/mol. The molecule has 10 heteroatoms. The van der Waals surface area contributed by atoms with Gasteiger partial charge in [0.2, 0.25) is 0 Å². The van der Waals surface area contributed by atoms with Crippen LogP contribution >= 0.6 is 0 Å². The summed E-state index contributed by atoms with van der Waals surface area (Å²) in [4.78, 5) is 34.4. The van der Waals surface area contributed by atoms with Crippen LogP contribution in [0.15, 0.2) is 0 Å². The zero-order chi connectivity index (χ0) is 57.5. The summed E-state index contributed by atoms with van der Waals surface area (Å²) in [7, 11) is 0. The van der Waals surface area contributed by atoms with Crippen LogP contribution in [-0.2, 0) is 0 Å². The van der Waals surface area contributed by atoms with E-state index in [1.165, 1.54) is 89.0 Å². The highest BCUT2D eigenvalue weighted by Gasteiger charge is 2.09. The molecule has 0 fully saturated rings. The second-order valence-corrected chi connectivity index (χ2v) is 20.4. The highest BCUT2D eigenvalue weighted by molar-refractivity contribution is 5.48. The Hall–Kier alpha value is -6.16. The molecule has 0 unspecified atom stereocenters. The summed E-state index contributed by atoms with van der Waals surface area (Å²) in [6.07, 6.45) is 0. The van der Waals surface area contributed by atoms with Gasteiger partial charge in [0.25, 0.3) is 0 Å². The van der Waals surface area contributed by atoms with E-state index in [9.17, 15) is 0 Å². The standard InChI is InChI=1S/C12H18.2C10H15N.4C8H12N2/c1-7-8(2)10(4)12(6)11(5)9(7)3;2*1-6-7(2)9(4)11-10(5)8(6)3;1-5-6(2)10-8(4)7(3)9-5;2*1-5-6(2)9-8(4)10-7(5)3;1-5-6(2)8(4)10-9-7(5)3/h1-6H3;2*1-5H3;4*1-4H3. The van der Waals surface area contributed by atoms with Gasteiger partial charge >= 0.3 is 0 Å². The molecule has 74 heavy (non-hydrogen) atoms. The number of benzene rings is 1. The largest absolute Gasteiger partial charge is 0.258 e. The van der Waals surface area contributed by atoms with Gasteiger partial charge in [0.1, 0.15) is 11.6 Å². The van der Waals surface area contributed by atoms with Gasteiger partial charge in [-0.05, 0) is 311 Å². The summed E-state index contributed by atoms with van der Waals surface area (Å²) in [5.41, 5.74) is 36.9. The third kappa shape index (κ3) is 18.3. The maximum Gasteiger partial charge on any atom is 0.125 e. The zero-order valence-electron chi connectivity index (χ0n) is 52.5. The van der Waals surface area contributed by atoms with Gasteiger partial charge in [-0.15, -0.1) is 0 Å². The Morgan fingerprint density at radius 2 is 0.257 bits per heavy atom. The van der Waals surface area contributed by atoms with Crippen molar-refractivity contribution >= 4 is 0 Å². The van der Waals surface area contributed by atoms with Gasteiger partial charge in [-0.3, -0.25) is 19.9 Å². The monoisotopic (exact) mass is 1000 g/mol. The van der Waals surface area contributed by atoms with Gasteiger partial charge in [-0.2, -0.15) is 10.2 Å². The first kappa shape index (κ1) is 65.9. The van der Waals surface area contributed by atoms with Crippen LogP contribution in [0.5, 0.6) is 0 Å². The third-order valence-electron chi connectivity index (χ3n) is 15.7. The minimum atomic E-state index is 0.862. The van der Waals surface area contributed by atoms with Crippen LogP contribution < -0.4 is 0 Å². The van der Waals surface area contributed by atoms with Crippen molar-refractivity contribution in [3.05, 3.63) is 180 Å². The number of aromatic nitrogens is 10. The molecular formula is C64H96N10. The molecule has 0 spiro atoms. The lowest BCUT2D eigenvalue weighted by molar-refractivity contribution is 0.905. The zero-order valence-corrected chi connectivity index (χ0v) is 52.5. The van der Waals surface area contributed by atoms with Crippen molar-refractivity contribution in [1.29, 1.82) is 0 Å². The molecule has 0 aliphatic heterocycles. The molecule has 0 bridgehead atoms. The molecule has 6 heterocycles. The van der Waals surface area contributed by atoms with Crippen molar-refractivity contribution in [2.24, 2.45) is 0 Å². The highest BCUT2D eigenvalue weighted by Crippen LogP contribution is 2.25. The van der Waals surface area contributed by atoms with Crippen molar-refractivity contribution in [2.45, 2.75) is 222 Å². The minimum absolute atomic E-state index is 0.862. The number of hydrogen-bond donors (Lipinski definition) is 0. The van der Waals surface area contributed by atoms with Gasteiger partial charge in [-0.1, -0.05) is 0 Å². The second kappa shape index (κ2) is 29.1. The van der Waals surface area contributed by atoms with Crippen LogP contribution in [0, 0.1) is 222 Å². The Kier molecular flexibility index (Phi) is 25.9. The van der Waals surface area contributed by atoms with Crippen LogP contribution in [0.2, 0.25) is 0 Å². The first-order valence-corrected chi connectivity index (χ1v) is 26.0. The molecule has 402 valence electrons. The van der Waals surface area contributed by atoms with Crippen LogP contribution in [0.1, 0.15) is 180 Å². The lowest BCUT2D eigenvalue weighted by atomic mass is 9.90.